The quantitative estimate of drug-likeness (QED) is 0.0988. The summed E-state index contributed by atoms with van der Waals surface area (Å²) in [6.45, 7) is 0.740. The molecule has 0 heterocycles. The van der Waals surface area contributed by atoms with Crippen molar-refractivity contribution in [2.75, 3.05) is 26.9 Å². The Balaban J connectivity index is 1.18. The van der Waals surface area contributed by atoms with Crippen LogP contribution in [0.4, 0.5) is 0 Å². The summed E-state index contributed by atoms with van der Waals surface area (Å²) in [5.41, 5.74) is 5.70. The number of ether oxygens (including phenoxy) is 2. The van der Waals surface area contributed by atoms with Gasteiger partial charge < -0.3 is 24.2 Å². The van der Waals surface area contributed by atoms with Crippen molar-refractivity contribution in [1.29, 1.82) is 0 Å². The SMILES string of the molecule is COc1ccc(CN(CCOP(=O)(O)O)C(=O)CCCCc2ccc(OCCc3ccc(-c4ccccc4)cc3)cc2)cc1. The number of amides is 1. The van der Waals surface area contributed by atoms with E-state index in [0.717, 1.165) is 30.6 Å². The molecule has 8 nitrogen and oxygen atoms in total. The Kier molecular flexibility index (Phi) is 12.6. The van der Waals surface area contributed by atoms with Crippen molar-refractivity contribution in [2.24, 2.45) is 0 Å². The topological polar surface area (TPSA) is 106 Å². The molecule has 0 fully saturated rings. The summed E-state index contributed by atoms with van der Waals surface area (Å²) in [7, 11) is -3.02. The lowest BCUT2D eigenvalue weighted by molar-refractivity contribution is -0.132. The number of aryl methyl sites for hydroxylation is 1. The Labute approximate surface area is 259 Å². The summed E-state index contributed by atoms with van der Waals surface area (Å²) in [4.78, 5) is 32.6. The maximum atomic E-state index is 13.0. The maximum absolute atomic E-state index is 13.0. The summed E-state index contributed by atoms with van der Waals surface area (Å²) >= 11 is 0. The van der Waals surface area contributed by atoms with E-state index in [1.807, 2.05) is 54.6 Å². The fourth-order valence-corrected chi connectivity index (χ4v) is 5.13. The molecule has 4 rings (SSSR count). The van der Waals surface area contributed by atoms with Gasteiger partial charge in [0.05, 0.1) is 20.3 Å². The smallest absolute Gasteiger partial charge is 0.469 e. The number of carbonyl (C=O) groups is 1. The number of unbranched alkanes of at least 4 members (excludes halogenated alkanes) is 1. The molecular formula is C35H40NO7P. The molecule has 0 unspecified atom stereocenters. The molecule has 0 radical (unpaired) electrons. The first-order valence-electron chi connectivity index (χ1n) is 14.8. The number of carbonyl (C=O) groups excluding carboxylic acids is 1. The van der Waals surface area contributed by atoms with E-state index < -0.39 is 7.82 Å². The third-order valence-electron chi connectivity index (χ3n) is 7.26. The summed E-state index contributed by atoms with van der Waals surface area (Å²) in [6, 6.07) is 34.3. The van der Waals surface area contributed by atoms with Gasteiger partial charge in [-0.2, -0.15) is 0 Å². The van der Waals surface area contributed by atoms with Crippen LogP contribution in [0.3, 0.4) is 0 Å². The van der Waals surface area contributed by atoms with E-state index >= 15 is 0 Å². The lowest BCUT2D eigenvalue weighted by Crippen LogP contribution is -2.33. The van der Waals surface area contributed by atoms with Gasteiger partial charge in [0, 0.05) is 25.9 Å². The van der Waals surface area contributed by atoms with Gasteiger partial charge in [-0.05, 0) is 71.3 Å². The first-order chi connectivity index (χ1) is 21.3. The molecule has 1 amide bonds. The number of nitrogens with zero attached hydrogens (tertiary/aromatic N) is 1. The second kappa shape index (κ2) is 16.8. The predicted molar refractivity (Wildman–Crippen MR) is 171 cm³/mol. The number of methoxy groups -OCH3 is 1. The molecule has 0 aliphatic carbocycles. The van der Waals surface area contributed by atoms with Gasteiger partial charge in [-0.15, -0.1) is 0 Å². The Morgan fingerprint density at radius 3 is 1.95 bits per heavy atom. The molecule has 9 heteroatoms. The molecule has 0 spiro atoms. The fourth-order valence-electron chi connectivity index (χ4n) is 4.81. The van der Waals surface area contributed by atoms with E-state index in [1.54, 1.807) is 12.0 Å². The third-order valence-corrected chi connectivity index (χ3v) is 7.77. The molecule has 0 aliphatic heterocycles. The highest BCUT2D eigenvalue weighted by molar-refractivity contribution is 7.46. The van der Waals surface area contributed by atoms with Crippen LogP contribution in [-0.4, -0.2) is 47.5 Å². The zero-order valence-electron chi connectivity index (χ0n) is 25.0. The zero-order valence-corrected chi connectivity index (χ0v) is 25.9. The highest BCUT2D eigenvalue weighted by Gasteiger charge is 2.18. The van der Waals surface area contributed by atoms with Crippen molar-refractivity contribution in [3.63, 3.8) is 0 Å². The van der Waals surface area contributed by atoms with Crippen molar-refractivity contribution in [1.82, 2.24) is 4.90 Å². The van der Waals surface area contributed by atoms with Gasteiger partial charge in [-0.25, -0.2) is 4.57 Å². The molecule has 0 atom stereocenters. The molecule has 0 aliphatic rings. The lowest BCUT2D eigenvalue weighted by atomic mass is 10.0. The van der Waals surface area contributed by atoms with Gasteiger partial charge in [0.25, 0.3) is 0 Å². The minimum atomic E-state index is -4.60. The van der Waals surface area contributed by atoms with Crippen LogP contribution >= 0.6 is 7.82 Å². The second-order valence-electron chi connectivity index (χ2n) is 10.5. The Morgan fingerprint density at radius 1 is 0.705 bits per heavy atom. The number of phosphoric acid groups is 1. The average molecular weight is 618 g/mol. The van der Waals surface area contributed by atoms with Gasteiger partial charge in [0.15, 0.2) is 0 Å². The molecule has 4 aromatic rings. The maximum Gasteiger partial charge on any atom is 0.469 e. The molecule has 44 heavy (non-hydrogen) atoms. The van der Waals surface area contributed by atoms with E-state index in [4.69, 9.17) is 19.3 Å². The highest BCUT2D eigenvalue weighted by atomic mass is 31.2. The number of rotatable bonds is 17. The van der Waals surface area contributed by atoms with Crippen LogP contribution in [0.1, 0.15) is 36.0 Å². The van der Waals surface area contributed by atoms with Gasteiger partial charge >= 0.3 is 7.82 Å². The molecule has 232 valence electrons. The monoisotopic (exact) mass is 617 g/mol. The van der Waals surface area contributed by atoms with E-state index in [9.17, 15) is 9.36 Å². The highest BCUT2D eigenvalue weighted by Crippen LogP contribution is 2.35. The van der Waals surface area contributed by atoms with Crippen LogP contribution in [-0.2, 0) is 33.3 Å². The minimum absolute atomic E-state index is 0.0798. The van der Waals surface area contributed by atoms with Crippen molar-refractivity contribution < 1.29 is 33.1 Å². The van der Waals surface area contributed by atoms with Crippen molar-refractivity contribution in [2.45, 2.75) is 38.6 Å². The Bertz CT molecular complexity index is 1470. The average Bonchev–Trinajstić information content (AvgIpc) is 3.04. The number of benzene rings is 4. The van der Waals surface area contributed by atoms with Gasteiger partial charge in [-0.3, -0.25) is 9.32 Å². The molecule has 2 N–H and O–H groups in total. The predicted octanol–water partition coefficient (Wildman–Crippen LogP) is 6.83. The van der Waals surface area contributed by atoms with Crippen LogP contribution in [0.5, 0.6) is 11.5 Å². The summed E-state index contributed by atoms with van der Waals surface area (Å²) in [5, 5.41) is 0. The molecule has 4 aromatic carbocycles. The third kappa shape index (κ3) is 11.3. The number of hydrogen-bond donors (Lipinski definition) is 2. The van der Waals surface area contributed by atoms with Crippen LogP contribution < -0.4 is 9.47 Å². The first kappa shape index (κ1) is 33.0. The van der Waals surface area contributed by atoms with Crippen LogP contribution in [0.15, 0.2) is 103 Å². The number of hydrogen-bond acceptors (Lipinski definition) is 5. The van der Waals surface area contributed by atoms with E-state index in [2.05, 4.69) is 53.1 Å². The standard InChI is InChI=1S/C35H40NO7P/c1-41-33-19-15-30(16-20-33)27-36(24-26-43-44(38,39)40)35(37)10-6-5-7-28-13-21-34(22-14-28)42-25-23-29-11-17-32(18-12-29)31-8-3-2-4-9-31/h2-4,8-9,11-22H,5-7,10,23-27H2,1H3,(H2,38,39,40). The van der Waals surface area contributed by atoms with Gasteiger partial charge in [-0.1, -0.05) is 78.9 Å². The molecule has 0 bridgehead atoms. The first-order valence-corrected chi connectivity index (χ1v) is 16.3. The van der Waals surface area contributed by atoms with E-state index in [0.29, 0.717) is 31.7 Å². The van der Waals surface area contributed by atoms with Crippen molar-refractivity contribution in [3.05, 3.63) is 120 Å². The summed E-state index contributed by atoms with van der Waals surface area (Å²) in [5.74, 6) is 1.45. The van der Waals surface area contributed by atoms with Crippen LogP contribution in [0.2, 0.25) is 0 Å². The van der Waals surface area contributed by atoms with Crippen molar-refractivity contribution in [3.8, 4) is 22.6 Å². The van der Waals surface area contributed by atoms with Gasteiger partial charge in [0.2, 0.25) is 5.91 Å². The molecule has 0 aromatic heterocycles. The minimum Gasteiger partial charge on any atom is -0.497 e. The van der Waals surface area contributed by atoms with Crippen molar-refractivity contribution >= 4 is 13.7 Å². The normalized spacial score (nSPS) is 11.2. The van der Waals surface area contributed by atoms with E-state index in [-0.39, 0.29) is 19.1 Å². The second-order valence-corrected chi connectivity index (χ2v) is 11.7. The van der Waals surface area contributed by atoms with Gasteiger partial charge in [0.1, 0.15) is 11.5 Å². The summed E-state index contributed by atoms with van der Waals surface area (Å²) in [6.07, 6.45) is 3.52. The molecule has 0 saturated heterocycles. The largest absolute Gasteiger partial charge is 0.497 e. The van der Waals surface area contributed by atoms with Crippen LogP contribution in [0.25, 0.3) is 11.1 Å². The fraction of sp³-hybridized carbons (Fsp3) is 0.286. The van der Waals surface area contributed by atoms with Crippen LogP contribution in [0, 0.1) is 0 Å². The van der Waals surface area contributed by atoms with E-state index in [1.165, 1.54) is 22.3 Å². The molecular weight excluding hydrogens is 577 g/mol. The summed E-state index contributed by atoms with van der Waals surface area (Å²) < 4.78 is 26.8. The Hall–Kier alpha value is -3.94. The Morgan fingerprint density at radius 2 is 1.30 bits per heavy atom. The lowest BCUT2D eigenvalue weighted by Gasteiger charge is -2.23. The zero-order chi connectivity index (χ0) is 31.2. The molecule has 0 saturated carbocycles. The number of phosphoric ester groups is 1.